The Morgan fingerprint density at radius 2 is 1.43 bits per heavy atom. The van der Waals surface area contributed by atoms with Gasteiger partial charge in [-0.25, -0.2) is 0 Å². The number of hydrogen-bond donors (Lipinski definition) is 2. The summed E-state index contributed by atoms with van der Waals surface area (Å²) in [7, 11) is 0. The van der Waals surface area contributed by atoms with E-state index in [4.69, 9.17) is 4.74 Å². The molecule has 5 nitrogen and oxygen atoms in total. The molecule has 0 atom stereocenters. The van der Waals surface area contributed by atoms with Gasteiger partial charge in [-0.2, -0.15) is 0 Å². The van der Waals surface area contributed by atoms with Crippen LogP contribution in [0.5, 0.6) is 5.75 Å². The summed E-state index contributed by atoms with van der Waals surface area (Å²) in [5, 5.41) is 0. The Morgan fingerprint density at radius 3 is 2.11 bits per heavy atom. The van der Waals surface area contributed by atoms with Crippen LogP contribution in [-0.2, 0) is 6.42 Å². The Balaban J connectivity index is 1.52. The SMILES string of the molecule is Cc1cccc(C(=O)NNC(=O)c2cccc(OCCc3ccccc3)c2)c1. The second kappa shape index (κ2) is 9.37. The van der Waals surface area contributed by atoms with Crippen LogP contribution in [0.1, 0.15) is 31.8 Å². The van der Waals surface area contributed by atoms with Crippen molar-refractivity contribution in [2.75, 3.05) is 6.61 Å². The van der Waals surface area contributed by atoms with Crippen molar-refractivity contribution in [2.24, 2.45) is 0 Å². The number of amides is 2. The number of hydrazine groups is 1. The number of aryl methyl sites for hydroxylation is 1. The lowest BCUT2D eigenvalue weighted by atomic mass is 10.1. The quantitative estimate of drug-likeness (QED) is 0.647. The molecule has 0 bridgehead atoms. The van der Waals surface area contributed by atoms with E-state index in [1.165, 1.54) is 5.56 Å². The molecule has 0 aliphatic carbocycles. The minimum atomic E-state index is -0.408. The molecule has 0 saturated heterocycles. The van der Waals surface area contributed by atoms with Crippen molar-refractivity contribution >= 4 is 11.8 Å². The third kappa shape index (κ3) is 5.45. The van der Waals surface area contributed by atoms with Crippen molar-refractivity contribution in [1.82, 2.24) is 10.9 Å². The second-order valence-corrected chi connectivity index (χ2v) is 6.39. The lowest BCUT2D eigenvalue weighted by Gasteiger charge is -2.10. The van der Waals surface area contributed by atoms with Gasteiger partial charge in [0.2, 0.25) is 0 Å². The number of carbonyl (C=O) groups is 2. The Morgan fingerprint density at radius 1 is 0.786 bits per heavy atom. The zero-order valence-corrected chi connectivity index (χ0v) is 15.6. The van der Waals surface area contributed by atoms with Crippen molar-refractivity contribution in [3.63, 3.8) is 0 Å². The molecule has 0 unspecified atom stereocenters. The largest absolute Gasteiger partial charge is 0.493 e. The third-order valence-electron chi connectivity index (χ3n) is 4.17. The summed E-state index contributed by atoms with van der Waals surface area (Å²) in [6, 6.07) is 24.0. The molecule has 2 N–H and O–H groups in total. The normalized spacial score (nSPS) is 10.2. The first-order valence-electron chi connectivity index (χ1n) is 9.06. The molecule has 0 aliphatic rings. The molecule has 5 heteroatoms. The van der Waals surface area contributed by atoms with Gasteiger partial charge in [0, 0.05) is 17.5 Å². The molecule has 28 heavy (non-hydrogen) atoms. The average molecular weight is 374 g/mol. The van der Waals surface area contributed by atoms with Crippen LogP contribution in [0.15, 0.2) is 78.9 Å². The van der Waals surface area contributed by atoms with E-state index in [1.807, 2.05) is 43.3 Å². The highest BCUT2D eigenvalue weighted by atomic mass is 16.5. The molecule has 142 valence electrons. The zero-order chi connectivity index (χ0) is 19.8. The van der Waals surface area contributed by atoms with E-state index in [0.717, 1.165) is 12.0 Å². The lowest BCUT2D eigenvalue weighted by Crippen LogP contribution is -2.41. The molecule has 3 aromatic rings. The maximum Gasteiger partial charge on any atom is 0.269 e. The van der Waals surface area contributed by atoms with Crippen LogP contribution in [0, 0.1) is 6.92 Å². The van der Waals surface area contributed by atoms with Crippen molar-refractivity contribution in [3.05, 3.63) is 101 Å². The molecular weight excluding hydrogens is 352 g/mol. The van der Waals surface area contributed by atoms with Gasteiger partial charge in [-0.05, 0) is 42.8 Å². The number of hydrogen-bond acceptors (Lipinski definition) is 3. The fourth-order valence-electron chi connectivity index (χ4n) is 2.70. The van der Waals surface area contributed by atoms with Crippen LogP contribution < -0.4 is 15.6 Å². The summed E-state index contributed by atoms with van der Waals surface area (Å²) < 4.78 is 5.74. The molecule has 0 fully saturated rings. The van der Waals surface area contributed by atoms with Crippen molar-refractivity contribution in [2.45, 2.75) is 13.3 Å². The average Bonchev–Trinajstić information content (AvgIpc) is 2.73. The number of nitrogens with one attached hydrogen (secondary N) is 2. The first kappa shape index (κ1) is 19.2. The van der Waals surface area contributed by atoms with Gasteiger partial charge in [0.05, 0.1) is 6.61 Å². The molecule has 3 rings (SSSR count). The highest BCUT2D eigenvalue weighted by molar-refractivity contribution is 5.99. The smallest absolute Gasteiger partial charge is 0.269 e. The maximum atomic E-state index is 12.3. The number of rotatable bonds is 6. The first-order valence-corrected chi connectivity index (χ1v) is 9.06. The number of carbonyl (C=O) groups excluding carboxylic acids is 2. The number of benzene rings is 3. The van der Waals surface area contributed by atoms with Crippen LogP contribution in [0.3, 0.4) is 0 Å². The molecule has 0 aliphatic heterocycles. The summed E-state index contributed by atoms with van der Waals surface area (Å²) in [5.41, 5.74) is 7.91. The molecular formula is C23H22N2O3. The van der Waals surface area contributed by atoms with E-state index in [-0.39, 0.29) is 5.91 Å². The predicted octanol–water partition coefficient (Wildman–Crippen LogP) is 3.69. The Labute approximate surface area is 164 Å². The summed E-state index contributed by atoms with van der Waals surface area (Å²) in [6.07, 6.45) is 0.782. The topological polar surface area (TPSA) is 67.4 Å². The molecule has 0 aromatic heterocycles. The molecule has 0 heterocycles. The van der Waals surface area contributed by atoms with Crippen LogP contribution in [0.2, 0.25) is 0 Å². The first-order chi connectivity index (χ1) is 13.6. The third-order valence-corrected chi connectivity index (χ3v) is 4.17. The Hall–Kier alpha value is -3.60. The zero-order valence-electron chi connectivity index (χ0n) is 15.6. The summed E-state index contributed by atoms with van der Waals surface area (Å²) >= 11 is 0. The molecule has 3 aromatic carbocycles. The van der Waals surface area contributed by atoms with E-state index in [2.05, 4.69) is 10.9 Å². The molecule has 0 spiro atoms. The Kier molecular flexibility index (Phi) is 6.41. The van der Waals surface area contributed by atoms with Crippen LogP contribution in [0.4, 0.5) is 0 Å². The van der Waals surface area contributed by atoms with Crippen LogP contribution in [-0.4, -0.2) is 18.4 Å². The van der Waals surface area contributed by atoms with E-state index >= 15 is 0 Å². The summed E-state index contributed by atoms with van der Waals surface area (Å²) in [6.45, 7) is 2.41. The predicted molar refractivity (Wildman–Crippen MR) is 108 cm³/mol. The van der Waals surface area contributed by atoms with Gasteiger partial charge < -0.3 is 4.74 Å². The minimum absolute atomic E-state index is 0.368. The maximum absolute atomic E-state index is 12.3. The van der Waals surface area contributed by atoms with Crippen molar-refractivity contribution in [3.8, 4) is 5.75 Å². The monoisotopic (exact) mass is 374 g/mol. The van der Waals surface area contributed by atoms with Gasteiger partial charge in [-0.15, -0.1) is 0 Å². The highest BCUT2D eigenvalue weighted by Crippen LogP contribution is 2.14. The van der Waals surface area contributed by atoms with Crippen molar-refractivity contribution < 1.29 is 14.3 Å². The van der Waals surface area contributed by atoms with E-state index in [1.54, 1.807) is 42.5 Å². The van der Waals surface area contributed by atoms with E-state index < -0.39 is 5.91 Å². The standard InChI is InChI=1S/C23H22N2O3/c1-17-7-5-10-19(15-17)22(26)24-25-23(27)20-11-6-12-21(16-20)28-14-13-18-8-3-2-4-9-18/h2-12,15-16H,13-14H2,1H3,(H,24,26)(H,25,27). The summed E-state index contributed by atoms with van der Waals surface area (Å²) in [5.74, 6) is -0.171. The second-order valence-electron chi connectivity index (χ2n) is 6.39. The van der Waals surface area contributed by atoms with Gasteiger partial charge in [0.25, 0.3) is 11.8 Å². The van der Waals surface area contributed by atoms with Crippen LogP contribution >= 0.6 is 0 Å². The van der Waals surface area contributed by atoms with Crippen molar-refractivity contribution in [1.29, 1.82) is 0 Å². The van der Waals surface area contributed by atoms with E-state index in [0.29, 0.717) is 23.5 Å². The van der Waals surface area contributed by atoms with E-state index in [9.17, 15) is 9.59 Å². The van der Waals surface area contributed by atoms with Gasteiger partial charge in [-0.3, -0.25) is 20.4 Å². The Bertz CT molecular complexity index is 955. The highest BCUT2D eigenvalue weighted by Gasteiger charge is 2.10. The molecule has 0 saturated carbocycles. The van der Waals surface area contributed by atoms with Gasteiger partial charge >= 0.3 is 0 Å². The minimum Gasteiger partial charge on any atom is -0.493 e. The fourth-order valence-corrected chi connectivity index (χ4v) is 2.70. The fraction of sp³-hybridized carbons (Fsp3) is 0.130. The number of ether oxygens (including phenoxy) is 1. The molecule has 0 radical (unpaired) electrons. The van der Waals surface area contributed by atoms with Gasteiger partial charge in [0.15, 0.2) is 0 Å². The van der Waals surface area contributed by atoms with Gasteiger partial charge in [0.1, 0.15) is 5.75 Å². The van der Waals surface area contributed by atoms with Crippen LogP contribution in [0.25, 0.3) is 0 Å². The lowest BCUT2D eigenvalue weighted by molar-refractivity contribution is 0.0846. The summed E-state index contributed by atoms with van der Waals surface area (Å²) in [4.78, 5) is 24.4. The van der Waals surface area contributed by atoms with Gasteiger partial charge in [-0.1, -0.05) is 54.1 Å². The molecule has 2 amide bonds.